The highest BCUT2D eigenvalue weighted by molar-refractivity contribution is 5.85. The van der Waals surface area contributed by atoms with E-state index in [0.29, 0.717) is 0 Å². The van der Waals surface area contributed by atoms with Gasteiger partial charge in [0.05, 0.1) is 0 Å². The van der Waals surface area contributed by atoms with E-state index in [-0.39, 0.29) is 31.0 Å². The summed E-state index contributed by atoms with van der Waals surface area (Å²) in [5.74, 6) is 0.798. The normalized spacial score (nSPS) is 18.9. The van der Waals surface area contributed by atoms with E-state index in [0.717, 1.165) is 25.4 Å². The zero-order valence-corrected chi connectivity index (χ0v) is 11.3. The highest BCUT2D eigenvalue weighted by Crippen LogP contribution is 2.09. The second-order valence-electron chi connectivity index (χ2n) is 4.24. The third kappa shape index (κ3) is 3.89. The number of rotatable bonds is 3. The quantitative estimate of drug-likeness (QED) is 0.900. The van der Waals surface area contributed by atoms with Gasteiger partial charge in [0.1, 0.15) is 5.75 Å². The number of para-hydroxylation sites is 1. The molecule has 1 fully saturated rings. The molecule has 0 unspecified atom stereocenters. The Labute approximate surface area is 114 Å². The standard InChI is InChI=1S/C13H18N2O2.ClH/c1-11-9-14-7-8-15(11)13(16)10-17-12-5-3-2-4-6-12;/h2-6,11,14H,7-10H2,1H3;1H/t11-;/m0./s1. The average Bonchev–Trinajstić information content (AvgIpc) is 2.38. The second-order valence-corrected chi connectivity index (χ2v) is 4.24. The van der Waals surface area contributed by atoms with Gasteiger partial charge in [-0.05, 0) is 19.1 Å². The maximum atomic E-state index is 12.0. The van der Waals surface area contributed by atoms with E-state index in [4.69, 9.17) is 4.74 Å². The molecule has 100 valence electrons. The van der Waals surface area contributed by atoms with E-state index >= 15 is 0 Å². The first-order valence-electron chi connectivity index (χ1n) is 5.95. The zero-order valence-electron chi connectivity index (χ0n) is 10.5. The Hall–Kier alpha value is -1.26. The zero-order chi connectivity index (χ0) is 12.1. The highest BCUT2D eigenvalue weighted by Gasteiger charge is 2.22. The average molecular weight is 271 g/mol. The van der Waals surface area contributed by atoms with Gasteiger partial charge >= 0.3 is 0 Å². The lowest BCUT2D eigenvalue weighted by atomic mass is 10.2. The minimum atomic E-state index is 0. The van der Waals surface area contributed by atoms with Gasteiger partial charge in [-0.15, -0.1) is 12.4 Å². The molecular weight excluding hydrogens is 252 g/mol. The van der Waals surface area contributed by atoms with Gasteiger partial charge in [0, 0.05) is 25.7 Å². The summed E-state index contributed by atoms with van der Waals surface area (Å²) in [6, 6.07) is 9.67. The first kappa shape index (κ1) is 14.8. The number of hydrogen-bond acceptors (Lipinski definition) is 3. The van der Waals surface area contributed by atoms with E-state index in [1.165, 1.54) is 0 Å². The van der Waals surface area contributed by atoms with Crippen molar-refractivity contribution in [3.05, 3.63) is 30.3 Å². The number of carbonyl (C=O) groups is 1. The van der Waals surface area contributed by atoms with E-state index in [1.54, 1.807) is 0 Å². The van der Waals surface area contributed by atoms with Crippen LogP contribution in [0.3, 0.4) is 0 Å². The molecule has 2 rings (SSSR count). The lowest BCUT2D eigenvalue weighted by Gasteiger charge is -2.33. The highest BCUT2D eigenvalue weighted by atomic mass is 35.5. The lowest BCUT2D eigenvalue weighted by Crippen LogP contribution is -2.53. The van der Waals surface area contributed by atoms with Crippen molar-refractivity contribution in [1.82, 2.24) is 10.2 Å². The van der Waals surface area contributed by atoms with Crippen molar-refractivity contribution in [2.24, 2.45) is 0 Å². The molecule has 4 nitrogen and oxygen atoms in total. The Morgan fingerprint density at radius 1 is 1.44 bits per heavy atom. The predicted molar refractivity (Wildman–Crippen MR) is 73.2 cm³/mol. The van der Waals surface area contributed by atoms with Gasteiger partial charge in [0.2, 0.25) is 0 Å². The van der Waals surface area contributed by atoms with Crippen molar-refractivity contribution in [3.63, 3.8) is 0 Å². The van der Waals surface area contributed by atoms with Gasteiger partial charge in [0.15, 0.2) is 6.61 Å². The van der Waals surface area contributed by atoms with Crippen LogP contribution in [0.1, 0.15) is 6.92 Å². The monoisotopic (exact) mass is 270 g/mol. The Kier molecular flexibility index (Phi) is 5.95. The van der Waals surface area contributed by atoms with Crippen LogP contribution in [0, 0.1) is 0 Å². The van der Waals surface area contributed by atoms with E-state index in [1.807, 2.05) is 42.2 Å². The molecule has 0 aliphatic carbocycles. The van der Waals surface area contributed by atoms with Crippen LogP contribution in [0.25, 0.3) is 0 Å². The van der Waals surface area contributed by atoms with Crippen LogP contribution >= 0.6 is 12.4 Å². The lowest BCUT2D eigenvalue weighted by molar-refractivity contribution is -0.136. The van der Waals surface area contributed by atoms with Crippen molar-refractivity contribution in [3.8, 4) is 5.75 Å². The number of nitrogens with zero attached hydrogens (tertiary/aromatic N) is 1. The number of halogens is 1. The Balaban J connectivity index is 0.00000162. The molecule has 0 bridgehead atoms. The summed E-state index contributed by atoms with van der Waals surface area (Å²) in [7, 11) is 0. The van der Waals surface area contributed by atoms with Crippen molar-refractivity contribution in [1.29, 1.82) is 0 Å². The molecule has 1 aromatic carbocycles. The van der Waals surface area contributed by atoms with Gasteiger partial charge in [-0.3, -0.25) is 4.79 Å². The van der Waals surface area contributed by atoms with E-state index in [9.17, 15) is 4.79 Å². The summed E-state index contributed by atoms with van der Waals surface area (Å²) < 4.78 is 5.46. The summed E-state index contributed by atoms with van der Waals surface area (Å²) in [5.41, 5.74) is 0. The molecule has 18 heavy (non-hydrogen) atoms. The molecule has 1 aliphatic heterocycles. The maximum Gasteiger partial charge on any atom is 0.260 e. The summed E-state index contributed by atoms with van der Waals surface area (Å²) in [4.78, 5) is 13.8. The molecule has 1 saturated heterocycles. The fraction of sp³-hybridized carbons (Fsp3) is 0.462. The molecule has 1 N–H and O–H groups in total. The van der Waals surface area contributed by atoms with Gasteiger partial charge < -0.3 is 15.0 Å². The van der Waals surface area contributed by atoms with Crippen LogP contribution in [-0.2, 0) is 4.79 Å². The molecule has 0 saturated carbocycles. The number of benzene rings is 1. The summed E-state index contributed by atoms with van der Waals surface area (Å²) in [6.07, 6.45) is 0. The number of piperazine rings is 1. The Morgan fingerprint density at radius 2 is 2.17 bits per heavy atom. The molecule has 1 aromatic rings. The molecule has 1 amide bonds. The minimum absolute atomic E-state index is 0. The maximum absolute atomic E-state index is 12.0. The minimum Gasteiger partial charge on any atom is -0.484 e. The number of hydrogen-bond donors (Lipinski definition) is 1. The predicted octanol–water partition coefficient (Wildman–Crippen LogP) is 1.31. The molecule has 1 atom stereocenters. The van der Waals surface area contributed by atoms with Crippen molar-refractivity contribution in [2.45, 2.75) is 13.0 Å². The van der Waals surface area contributed by atoms with Gasteiger partial charge in [-0.25, -0.2) is 0 Å². The summed E-state index contributed by atoms with van der Waals surface area (Å²) >= 11 is 0. The largest absolute Gasteiger partial charge is 0.484 e. The van der Waals surface area contributed by atoms with Crippen LogP contribution in [0.15, 0.2) is 30.3 Å². The first-order chi connectivity index (χ1) is 8.27. The number of nitrogens with one attached hydrogen (secondary N) is 1. The number of carbonyl (C=O) groups excluding carboxylic acids is 1. The molecule has 5 heteroatoms. The molecular formula is C13H19ClN2O2. The third-order valence-electron chi connectivity index (χ3n) is 2.93. The van der Waals surface area contributed by atoms with Crippen molar-refractivity contribution >= 4 is 18.3 Å². The van der Waals surface area contributed by atoms with Gasteiger partial charge in [0.25, 0.3) is 5.91 Å². The van der Waals surface area contributed by atoms with Crippen LogP contribution in [-0.4, -0.2) is 43.1 Å². The Morgan fingerprint density at radius 3 is 2.83 bits per heavy atom. The van der Waals surface area contributed by atoms with Gasteiger partial charge in [-0.1, -0.05) is 18.2 Å². The fourth-order valence-electron chi connectivity index (χ4n) is 1.96. The number of amides is 1. The van der Waals surface area contributed by atoms with Crippen LogP contribution in [0.5, 0.6) is 5.75 Å². The Bertz CT molecular complexity index is 373. The van der Waals surface area contributed by atoms with Crippen LogP contribution in [0.4, 0.5) is 0 Å². The van der Waals surface area contributed by atoms with E-state index in [2.05, 4.69) is 5.32 Å². The van der Waals surface area contributed by atoms with E-state index < -0.39 is 0 Å². The summed E-state index contributed by atoms with van der Waals surface area (Å²) in [6.45, 7) is 4.65. The third-order valence-corrected chi connectivity index (χ3v) is 2.93. The molecule has 0 aromatic heterocycles. The second kappa shape index (κ2) is 7.24. The van der Waals surface area contributed by atoms with Gasteiger partial charge in [-0.2, -0.15) is 0 Å². The molecule has 0 spiro atoms. The van der Waals surface area contributed by atoms with Crippen LogP contribution in [0.2, 0.25) is 0 Å². The first-order valence-corrected chi connectivity index (χ1v) is 5.95. The topological polar surface area (TPSA) is 41.6 Å². The molecule has 1 heterocycles. The smallest absolute Gasteiger partial charge is 0.260 e. The van der Waals surface area contributed by atoms with Crippen molar-refractivity contribution < 1.29 is 9.53 Å². The molecule has 1 aliphatic rings. The SMILES string of the molecule is C[C@H]1CNCCN1C(=O)COc1ccccc1.Cl. The fourth-order valence-corrected chi connectivity index (χ4v) is 1.96. The summed E-state index contributed by atoms with van der Waals surface area (Å²) in [5, 5.41) is 3.26. The molecule has 0 radical (unpaired) electrons. The number of ether oxygens (including phenoxy) is 1. The van der Waals surface area contributed by atoms with Crippen molar-refractivity contribution in [2.75, 3.05) is 26.2 Å². The van der Waals surface area contributed by atoms with Crippen LogP contribution < -0.4 is 10.1 Å².